The maximum atomic E-state index is 3.46. The number of hydrogen-bond donors (Lipinski definition) is 0. The smallest absolute Gasteiger partial charge is 0.0467 e. The zero-order valence-corrected chi connectivity index (χ0v) is 5.44. The summed E-state index contributed by atoms with van der Waals surface area (Å²) in [6.45, 7) is 9.42. The van der Waals surface area contributed by atoms with Gasteiger partial charge in [-0.3, -0.25) is 0 Å². The Labute approximate surface area is 46.6 Å². The van der Waals surface area contributed by atoms with Crippen molar-refractivity contribution in [3.05, 3.63) is 24.8 Å². The molecule has 42 valence electrons. The quantitative estimate of drug-likeness (QED) is 0.442. The Balaban J connectivity index is 0. The van der Waals surface area contributed by atoms with Crippen LogP contribution in [0.25, 0.3) is 0 Å². The highest BCUT2D eigenvalue weighted by Gasteiger charge is 1.42. The van der Waals surface area contributed by atoms with E-state index in [9.17, 15) is 0 Å². The molecule has 0 atom stereocenters. The second-order valence-electron chi connectivity index (χ2n) is 0.761. The summed E-state index contributed by atoms with van der Waals surface area (Å²) in [7, 11) is 0. The van der Waals surface area contributed by atoms with Gasteiger partial charge in [-0.1, -0.05) is 38.7 Å². The molecule has 0 fully saturated rings. The minimum absolute atomic E-state index is 1.75. The molecule has 0 unspecified atom stereocenters. The summed E-state index contributed by atoms with van der Waals surface area (Å²) >= 11 is 0. The molecule has 0 heteroatoms. The van der Waals surface area contributed by atoms with Crippen LogP contribution in [0.3, 0.4) is 0 Å². The lowest BCUT2D eigenvalue weighted by Crippen LogP contribution is -1.33. The first-order valence-electron chi connectivity index (χ1n) is 2.65. The molecule has 0 bridgehead atoms. The Bertz CT molecular complexity index is 42.0. The van der Waals surface area contributed by atoms with Crippen molar-refractivity contribution in [2.45, 2.75) is 20.8 Å². The van der Waals surface area contributed by atoms with Crippen LogP contribution >= 0.6 is 0 Å². The van der Waals surface area contributed by atoms with E-state index in [0.29, 0.717) is 0 Å². The van der Waals surface area contributed by atoms with Gasteiger partial charge in [-0.2, -0.15) is 0 Å². The molecule has 0 spiro atoms. The van der Waals surface area contributed by atoms with Gasteiger partial charge in [0.1, 0.15) is 0 Å². The number of rotatable bonds is 1. The van der Waals surface area contributed by atoms with Crippen LogP contribution in [0.1, 0.15) is 20.8 Å². The van der Waals surface area contributed by atoms with Crippen molar-refractivity contribution in [2.75, 3.05) is 0 Å². The van der Waals surface area contributed by atoms with E-state index in [4.69, 9.17) is 0 Å². The summed E-state index contributed by atoms with van der Waals surface area (Å²) in [5.74, 6) is 0. The summed E-state index contributed by atoms with van der Waals surface area (Å²) < 4.78 is 0. The van der Waals surface area contributed by atoms with Gasteiger partial charge in [-0.15, -0.1) is 0 Å². The Morgan fingerprint density at radius 2 is 1.71 bits per heavy atom. The van der Waals surface area contributed by atoms with E-state index >= 15 is 0 Å². The van der Waals surface area contributed by atoms with Crippen molar-refractivity contribution in [3.63, 3.8) is 0 Å². The van der Waals surface area contributed by atoms with Crippen LogP contribution in [-0.4, -0.2) is 0 Å². The minimum atomic E-state index is 1.75. The molecule has 0 aliphatic rings. The van der Waals surface area contributed by atoms with Crippen molar-refractivity contribution in [3.8, 4) is 0 Å². The fourth-order valence-corrected chi connectivity index (χ4v) is 0.136. The Morgan fingerprint density at radius 1 is 1.29 bits per heavy atom. The summed E-state index contributed by atoms with van der Waals surface area (Å²) in [5.41, 5.74) is 0. The van der Waals surface area contributed by atoms with Gasteiger partial charge in [-0.25, -0.2) is 0 Å². The van der Waals surface area contributed by atoms with Crippen molar-refractivity contribution in [1.29, 1.82) is 0 Å². The van der Waals surface area contributed by atoms with Crippen molar-refractivity contribution >= 4 is 0 Å². The molecule has 0 heterocycles. The first kappa shape index (κ1) is 9.70. The van der Waals surface area contributed by atoms with E-state index in [-0.39, 0.29) is 0 Å². The molecule has 0 rings (SSSR count). The maximum absolute atomic E-state index is 3.46. The Morgan fingerprint density at radius 3 is 1.71 bits per heavy atom. The molecule has 0 aromatic heterocycles. The van der Waals surface area contributed by atoms with E-state index < -0.39 is 0 Å². The van der Waals surface area contributed by atoms with Crippen LogP contribution < -0.4 is 0 Å². The van der Waals surface area contributed by atoms with Gasteiger partial charge in [0, 0.05) is 0 Å². The van der Waals surface area contributed by atoms with Gasteiger partial charge in [-0.05, 0) is 6.92 Å². The Kier molecular flexibility index (Phi) is 24.8. The molecule has 0 saturated carbocycles. The van der Waals surface area contributed by atoms with Crippen LogP contribution in [0.15, 0.2) is 24.8 Å². The summed E-state index contributed by atoms with van der Waals surface area (Å²) in [4.78, 5) is 0. The second-order valence-corrected chi connectivity index (χ2v) is 0.761. The highest BCUT2D eigenvalue weighted by molar-refractivity contribution is 4.94. The Hall–Kier alpha value is -0.520. The standard InChI is InChI=1S/C5H8.C2H6/c1-3-5-4-2;1-2/h3-5H,1H2,2H3;1-2H3/b5-4-;. The van der Waals surface area contributed by atoms with E-state index in [1.165, 1.54) is 0 Å². The van der Waals surface area contributed by atoms with Crippen LogP contribution in [0.2, 0.25) is 0 Å². The van der Waals surface area contributed by atoms with Gasteiger partial charge in [0.15, 0.2) is 0 Å². The molecular formula is C7H14. The minimum Gasteiger partial charge on any atom is -0.0991 e. The maximum Gasteiger partial charge on any atom is -0.0467 e. The number of hydrogen-bond acceptors (Lipinski definition) is 0. The van der Waals surface area contributed by atoms with Crippen molar-refractivity contribution in [1.82, 2.24) is 0 Å². The third-order valence-corrected chi connectivity index (χ3v) is 0.329. The van der Waals surface area contributed by atoms with Crippen LogP contribution in [-0.2, 0) is 0 Å². The van der Waals surface area contributed by atoms with Gasteiger partial charge in [0.25, 0.3) is 0 Å². The van der Waals surface area contributed by atoms with Gasteiger partial charge in [0.05, 0.1) is 0 Å². The highest BCUT2D eigenvalue weighted by Crippen LogP contribution is 1.64. The lowest BCUT2D eigenvalue weighted by atomic mass is 10.5. The average molecular weight is 98.2 g/mol. The van der Waals surface area contributed by atoms with Crippen molar-refractivity contribution < 1.29 is 0 Å². The topological polar surface area (TPSA) is 0 Å². The first-order chi connectivity index (χ1) is 3.41. The predicted molar refractivity (Wildman–Crippen MR) is 36.4 cm³/mol. The third-order valence-electron chi connectivity index (χ3n) is 0.329. The molecule has 0 nitrogen and oxygen atoms in total. The van der Waals surface area contributed by atoms with Crippen LogP contribution in [0.4, 0.5) is 0 Å². The molecule has 0 amide bonds. The van der Waals surface area contributed by atoms with E-state index in [1.807, 2.05) is 32.9 Å². The molecule has 0 N–H and O–H groups in total. The highest BCUT2D eigenvalue weighted by atomic mass is 13.5. The molecule has 0 aliphatic carbocycles. The molecule has 0 saturated heterocycles. The van der Waals surface area contributed by atoms with E-state index in [1.54, 1.807) is 6.08 Å². The lowest BCUT2D eigenvalue weighted by Gasteiger charge is -1.56. The van der Waals surface area contributed by atoms with Gasteiger partial charge in [0.2, 0.25) is 0 Å². The molecule has 0 radical (unpaired) electrons. The monoisotopic (exact) mass is 98.1 g/mol. The second kappa shape index (κ2) is 17.9. The van der Waals surface area contributed by atoms with Crippen molar-refractivity contribution in [2.24, 2.45) is 0 Å². The van der Waals surface area contributed by atoms with Gasteiger partial charge >= 0.3 is 0 Å². The van der Waals surface area contributed by atoms with Crippen LogP contribution in [0, 0.1) is 0 Å². The molecule has 7 heavy (non-hydrogen) atoms. The average Bonchev–Trinajstić information content (AvgIpc) is 1.75. The fraction of sp³-hybridized carbons (Fsp3) is 0.429. The van der Waals surface area contributed by atoms with E-state index in [0.717, 1.165) is 0 Å². The zero-order chi connectivity index (χ0) is 6.12. The zero-order valence-electron chi connectivity index (χ0n) is 5.44. The van der Waals surface area contributed by atoms with Crippen LogP contribution in [0.5, 0.6) is 0 Å². The third kappa shape index (κ3) is 30.3. The van der Waals surface area contributed by atoms with Gasteiger partial charge < -0.3 is 0 Å². The fourth-order valence-electron chi connectivity index (χ4n) is 0.136. The summed E-state index contributed by atoms with van der Waals surface area (Å²) in [6, 6.07) is 0. The molecular weight excluding hydrogens is 84.1 g/mol. The summed E-state index contributed by atoms with van der Waals surface area (Å²) in [6.07, 6.45) is 5.58. The predicted octanol–water partition coefficient (Wildman–Crippen LogP) is 2.77. The summed E-state index contributed by atoms with van der Waals surface area (Å²) in [5, 5.41) is 0. The normalized spacial score (nSPS) is 7.29. The lowest BCUT2D eigenvalue weighted by molar-refractivity contribution is 1.50. The number of allylic oxidation sites excluding steroid dienone is 3. The molecule has 0 aromatic rings. The molecule has 0 aromatic carbocycles. The van der Waals surface area contributed by atoms with E-state index in [2.05, 4.69) is 6.58 Å². The first-order valence-corrected chi connectivity index (χ1v) is 2.65. The SMILES string of the molecule is C=C/C=C\C.CC. The molecule has 0 aliphatic heterocycles. The largest absolute Gasteiger partial charge is 0.0991 e.